The molecule has 0 saturated heterocycles. The minimum Gasteiger partial charge on any atom is -0.506 e. The first-order chi connectivity index (χ1) is 14.5. The highest BCUT2D eigenvalue weighted by molar-refractivity contribution is 7.23. The van der Waals surface area contributed by atoms with Gasteiger partial charge in [0.2, 0.25) is 0 Å². The van der Waals surface area contributed by atoms with E-state index in [1.54, 1.807) is 19.9 Å². The number of phenols is 1. The van der Waals surface area contributed by atoms with E-state index >= 15 is 0 Å². The fourth-order valence-electron chi connectivity index (χ4n) is 3.02. The normalized spacial score (nSPS) is 12.5. The average molecular weight is 470 g/mol. The Balaban J connectivity index is 1.66. The van der Waals surface area contributed by atoms with Crippen LogP contribution in [-0.2, 0) is 11.0 Å². The summed E-state index contributed by atoms with van der Waals surface area (Å²) in [5.41, 5.74) is -1.69. The van der Waals surface area contributed by atoms with Crippen LogP contribution in [0.15, 0.2) is 30.5 Å². The third-order valence-corrected chi connectivity index (χ3v) is 5.90. The fourth-order valence-corrected chi connectivity index (χ4v) is 4.13. The summed E-state index contributed by atoms with van der Waals surface area (Å²) >= 11 is 6.72. The predicted molar refractivity (Wildman–Crippen MR) is 114 cm³/mol. The number of rotatable bonds is 4. The molecule has 0 atom stereocenters. The van der Waals surface area contributed by atoms with E-state index in [0.29, 0.717) is 11.1 Å². The Bertz CT molecular complexity index is 1320. The van der Waals surface area contributed by atoms with Crippen molar-refractivity contribution in [3.8, 4) is 5.75 Å². The van der Waals surface area contributed by atoms with Crippen LogP contribution in [0.25, 0.3) is 21.1 Å². The second-order valence-corrected chi connectivity index (χ2v) is 8.73. The number of thiazole rings is 1. The number of carbonyl (C=O) groups is 1. The molecule has 0 aliphatic rings. The van der Waals surface area contributed by atoms with Gasteiger partial charge in [-0.3, -0.25) is 15.2 Å². The number of aromatic hydroxyl groups is 1. The van der Waals surface area contributed by atoms with Crippen LogP contribution in [0, 0.1) is 0 Å². The van der Waals surface area contributed by atoms with E-state index < -0.39 is 23.2 Å². The summed E-state index contributed by atoms with van der Waals surface area (Å²) in [4.78, 5) is 16.9. The van der Waals surface area contributed by atoms with Crippen LogP contribution in [0.1, 0.15) is 19.4 Å². The molecule has 4 aromatic rings. The number of fused-ring (bicyclic) bond motifs is 3. The van der Waals surface area contributed by atoms with Gasteiger partial charge in [0.15, 0.2) is 5.13 Å². The minimum atomic E-state index is -4.62. The van der Waals surface area contributed by atoms with Crippen molar-refractivity contribution < 1.29 is 23.1 Å². The van der Waals surface area contributed by atoms with Crippen LogP contribution in [0.4, 0.5) is 24.0 Å². The quantitative estimate of drug-likeness (QED) is 0.321. The summed E-state index contributed by atoms with van der Waals surface area (Å²) in [6.07, 6.45) is -3.20. The maximum absolute atomic E-state index is 13.5. The number of alkyl halides is 3. The lowest BCUT2D eigenvalue weighted by Gasteiger charge is -2.26. The number of phenolic OH excluding ortho intramolecular Hbond substituents is 1. The lowest BCUT2D eigenvalue weighted by molar-refractivity contribution is -0.136. The molecule has 2 aromatic heterocycles. The number of aromatic amines is 1. The number of hydrogen-bond donors (Lipinski definition) is 4. The largest absolute Gasteiger partial charge is 0.506 e. The molecule has 0 bridgehead atoms. The second-order valence-electron chi connectivity index (χ2n) is 7.32. The molecule has 0 aliphatic carbocycles. The monoisotopic (exact) mass is 469 g/mol. The van der Waals surface area contributed by atoms with Crippen molar-refractivity contribution in [1.82, 2.24) is 15.2 Å². The molecule has 0 fully saturated rings. The molecular weight excluding hydrogens is 455 g/mol. The smallest absolute Gasteiger partial charge is 0.418 e. The first-order valence-electron chi connectivity index (χ1n) is 8.87. The maximum atomic E-state index is 13.5. The highest BCUT2D eigenvalue weighted by Crippen LogP contribution is 2.41. The van der Waals surface area contributed by atoms with Gasteiger partial charge in [0, 0.05) is 17.1 Å². The first kappa shape index (κ1) is 21.2. The Hall–Kier alpha value is -3.05. The van der Waals surface area contributed by atoms with Crippen molar-refractivity contribution in [3.05, 3.63) is 41.0 Å². The zero-order valence-corrected chi connectivity index (χ0v) is 17.6. The number of H-pyrrole nitrogens is 1. The number of halogens is 4. The molecule has 162 valence electrons. The van der Waals surface area contributed by atoms with Crippen LogP contribution in [-0.4, -0.2) is 31.7 Å². The Kier molecular flexibility index (Phi) is 4.97. The van der Waals surface area contributed by atoms with E-state index in [9.17, 15) is 23.1 Å². The summed E-state index contributed by atoms with van der Waals surface area (Å²) in [5, 5.41) is 22.3. The molecular formula is C19H15ClF3N5O2S. The van der Waals surface area contributed by atoms with Crippen molar-refractivity contribution in [2.24, 2.45) is 0 Å². The van der Waals surface area contributed by atoms with Gasteiger partial charge in [-0.15, -0.1) is 0 Å². The van der Waals surface area contributed by atoms with Gasteiger partial charge in [0.25, 0.3) is 5.91 Å². The van der Waals surface area contributed by atoms with Crippen molar-refractivity contribution in [2.75, 3.05) is 10.6 Å². The highest BCUT2D eigenvalue weighted by Gasteiger charge is 2.36. The molecule has 12 heteroatoms. The van der Waals surface area contributed by atoms with Crippen LogP contribution in [0.5, 0.6) is 5.75 Å². The number of anilines is 2. The van der Waals surface area contributed by atoms with Crippen molar-refractivity contribution in [3.63, 3.8) is 0 Å². The molecule has 0 spiro atoms. The molecule has 0 unspecified atom stereocenters. The van der Waals surface area contributed by atoms with Crippen molar-refractivity contribution in [1.29, 1.82) is 0 Å². The number of hydrogen-bond acceptors (Lipinski definition) is 6. The van der Waals surface area contributed by atoms with Crippen LogP contribution < -0.4 is 10.6 Å². The molecule has 31 heavy (non-hydrogen) atoms. The molecule has 2 heterocycles. The Morgan fingerprint density at radius 3 is 2.68 bits per heavy atom. The second kappa shape index (κ2) is 7.27. The molecule has 2 aromatic carbocycles. The highest BCUT2D eigenvalue weighted by atomic mass is 35.5. The topological polar surface area (TPSA) is 103 Å². The van der Waals surface area contributed by atoms with Crippen LogP contribution in [0.3, 0.4) is 0 Å². The molecule has 0 radical (unpaired) electrons. The number of benzene rings is 2. The SMILES string of the molecule is CC(C)(Nc1ccc(Cl)c(O)c1)C(=O)Nc1nc2c(C(F)(F)F)cc3[nH]ncc3c2s1. The average Bonchev–Trinajstić information content (AvgIpc) is 3.28. The first-order valence-corrected chi connectivity index (χ1v) is 10.1. The van der Waals surface area contributed by atoms with E-state index in [2.05, 4.69) is 25.8 Å². The summed E-state index contributed by atoms with van der Waals surface area (Å²) in [6, 6.07) is 5.37. The lowest BCUT2D eigenvalue weighted by Crippen LogP contribution is -2.44. The number of aromatic nitrogens is 3. The molecule has 0 aliphatic heterocycles. The van der Waals surface area contributed by atoms with Gasteiger partial charge in [0.05, 0.1) is 32.5 Å². The number of nitrogens with one attached hydrogen (secondary N) is 3. The van der Waals surface area contributed by atoms with Gasteiger partial charge in [-0.1, -0.05) is 22.9 Å². The molecule has 1 amide bonds. The van der Waals surface area contributed by atoms with Gasteiger partial charge in [-0.25, -0.2) is 4.98 Å². The van der Waals surface area contributed by atoms with Gasteiger partial charge in [-0.05, 0) is 32.0 Å². The number of amides is 1. The molecule has 4 N–H and O–H groups in total. The third kappa shape index (κ3) is 3.98. The van der Waals surface area contributed by atoms with E-state index in [4.69, 9.17) is 11.6 Å². The number of nitrogens with zero attached hydrogens (tertiary/aromatic N) is 2. The molecule has 7 nitrogen and oxygen atoms in total. The van der Waals surface area contributed by atoms with Gasteiger partial charge >= 0.3 is 6.18 Å². The Morgan fingerprint density at radius 2 is 2.00 bits per heavy atom. The Morgan fingerprint density at radius 1 is 1.26 bits per heavy atom. The molecule has 0 saturated carbocycles. The van der Waals surface area contributed by atoms with Crippen molar-refractivity contribution >= 4 is 60.8 Å². The van der Waals surface area contributed by atoms with Crippen LogP contribution >= 0.6 is 22.9 Å². The van der Waals surface area contributed by atoms with E-state index in [1.807, 2.05) is 0 Å². The predicted octanol–water partition coefficient (Wildman–Crippen LogP) is 5.38. The minimum absolute atomic E-state index is 0.0213. The summed E-state index contributed by atoms with van der Waals surface area (Å²) < 4.78 is 40.8. The summed E-state index contributed by atoms with van der Waals surface area (Å²) in [7, 11) is 0. The fraction of sp³-hybridized carbons (Fsp3) is 0.211. The third-order valence-electron chi connectivity index (χ3n) is 4.58. The van der Waals surface area contributed by atoms with Gasteiger partial charge < -0.3 is 10.4 Å². The standard InChI is InChI=1S/C19H15ClF3N5O2S/c1-18(2,27-8-3-4-11(20)13(29)5-8)16(30)26-17-25-14-10(19(21,22)23)6-12-9(7-24-28-12)15(14)31-17/h3-7,27,29H,1-2H3,(H,24,28)(H,25,26,30). The number of carbonyl (C=O) groups excluding carboxylic acids is 1. The summed E-state index contributed by atoms with van der Waals surface area (Å²) in [5.74, 6) is -0.684. The zero-order valence-electron chi connectivity index (χ0n) is 16.1. The maximum Gasteiger partial charge on any atom is 0.418 e. The zero-order chi connectivity index (χ0) is 22.6. The van der Waals surface area contributed by atoms with Gasteiger partial charge in [0.1, 0.15) is 11.3 Å². The summed E-state index contributed by atoms with van der Waals surface area (Å²) in [6.45, 7) is 3.16. The van der Waals surface area contributed by atoms with E-state index in [-0.39, 0.29) is 31.6 Å². The molecule has 4 rings (SSSR count). The van der Waals surface area contributed by atoms with E-state index in [1.165, 1.54) is 18.3 Å². The van der Waals surface area contributed by atoms with Crippen LogP contribution in [0.2, 0.25) is 5.02 Å². The lowest BCUT2D eigenvalue weighted by atomic mass is 10.0. The van der Waals surface area contributed by atoms with E-state index in [0.717, 1.165) is 17.4 Å². The van der Waals surface area contributed by atoms with Crippen molar-refractivity contribution in [2.45, 2.75) is 25.6 Å². The van der Waals surface area contributed by atoms with Gasteiger partial charge in [-0.2, -0.15) is 18.3 Å². The Labute approximate surface area is 182 Å².